The molecule has 3 heteroatoms. The van der Waals surface area contributed by atoms with Gasteiger partial charge < -0.3 is 15.3 Å². The topological polar surface area (TPSA) is 60.7 Å². The van der Waals surface area contributed by atoms with Gasteiger partial charge in [-0.2, -0.15) is 0 Å². The molecule has 0 spiro atoms. The molecule has 0 saturated heterocycles. The molecule has 4 aliphatic carbocycles. The van der Waals surface area contributed by atoms with E-state index in [1.54, 1.807) is 0 Å². The predicted octanol–water partition coefficient (Wildman–Crippen LogP) is 7.60. The molecule has 0 heterocycles. The van der Waals surface area contributed by atoms with Gasteiger partial charge in [0.1, 0.15) is 0 Å². The summed E-state index contributed by atoms with van der Waals surface area (Å²) >= 11 is 0. The Morgan fingerprint density at radius 2 is 1.86 bits per heavy atom. The Bertz CT molecular complexity index is 919. The standard InChI is InChI=1S/C34H52O3/c1-5-6-7-8-9-19-34(20-21-34)32(37)17-12-24(2)29-15-16-30-26(11-10-18-33(29,30)4)13-14-27-22-28(35)23-31(36)25(27)3/h9,12-14,17,19,24,28-32,35-37H,3,5-8,10-11,15-16,18,20-23H2,1-2,4H3/t24-,28-,29-,30+,31+,32-,33-/m1/s1. The molecule has 37 heavy (non-hydrogen) atoms. The lowest BCUT2D eigenvalue weighted by Crippen LogP contribution is -2.35. The van der Waals surface area contributed by atoms with E-state index in [9.17, 15) is 15.3 Å². The molecule has 0 radical (unpaired) electrons. The summed E-state index contributed by atoms with van der Waals surface area (Å²) in [5, 5.41) is 31.4. The number of unbranched alkanes of at least 4 members (excludes halogenated alkanes) is 3. The van der Waals surface area contributed by atoms with E-state index in [2.05, 4.69) is 63.8 Å². The number of aliphatic hydroxyl groups excluding tert-OH is 3. The maximum Gasteiger partial charge on any atom is 0.0811 e. The summed E-state index contributed by atoms with van der Waals surface area (Å²) in [6.07, 6.45) is 26.2. The van der Waals surface area contributed by atoms with Gasteiger partial charge in [0.25, 0.3) is 0 Å². The highest BCUT2D eigenvalue weighted by molar-refractivity contribution is 5.38. The van der Waals surface area contributed by atoms with Crippen molar-refractivity contribution in [1.82, 2.24) is 0 Å². The Balaban J connectivity index is 1.40. The lowest BCUT2D eigenvalue weighted by molar-refractivity contribution is 0.0862. The highest BCUT2D eigenvalue weighted by Crippen LogP contribution is 2.59. The van der Waals surface area contributed by atoms with Gasteiger partial charge in [0.15, 0.2) is 0 Å². The lowest BCUT2D eigenvalue weighted by Gasteiger charge is -2.44. The molecule has 7 atom stereocenters. The van der Waals surface area contributed by atoms with Crippen LogP contribution in [0, 0.1) is 28.6 Å². The van der Waals surface area contributed by atoms with Crippen molar-refractivity contribution in [2.24, 2.45) is 28.6 Å². The fourth-order valence-electron chi connectivity index (χ4n) is 7.75. The van der Waals surface area contributed by atoms with Crippen LogP contribution in [0.4, 0.5) is 0 Å². The molecular weight excluding hydrogens is 456 g/mol. The zero-order valence-electron chi connectivity index (χ0n) is 23.7. The number of hydrogen-bond donors (Lipinski definition) is 3. The Kier molecular flexibility index (Phi) is 9.41. The number of rotatable bonds is 10. The fourth-order valence-corrected chi connectivity index (χ4v) is 7.75. The van der Waals surface area contributed by atoms with Gasteiger partial charge in [0.05, 0.1) is 18.3 Å². The number of allylic oxidation sites excluding steroid dienone is 5. The summed E-state index contributed by atoms with van der Waals surface area (Å²) < 4.78 is 0. The van der Waals surface area contributed by atoms with Gasteiger partial charge in [-0.05, 0) is 98.5 Å². The van der Waals surface area contributed by atoms with E-state index < -0.39 is 12.2 Å². The maximum absolute atomic E-state index is 11.0. The van der Waals surface area contributed by atoms with Crippen LogP contribution in [0.3, 0.4) is 0 Å². The number of aliphatic hydroxyl groups is 3. The summed E-state index contributed by atoms with van der Waals surface area (Å²) in [5.41, 5.74) is 3.58. The van der Waals surface area contributed by atoms with Gasteiger partial charge >= 0.3 is 0 Å². The van der Waals surface area contributed by atoms with E-state index in [4.69, 9.17) is 0 Å². The summed E-state index contributed by atoms with van der Waals surface area (Å²) in [6.45, 7) is 11.2. The molecule has 3 N–H and O–H groups in total. The van der Waals surface area contributed by atoms with Crippen LogP contribution in [-0.4, -0.2) is 33.6 Å². The van der Waals surface area contributed by atoms with Crippen LogP contribution in [0.25, 0.3) is 0 Å². The SMILES string of the molecule is C=C1C(=CC=C2CCC[C@]3(C)[C@@H]([C@H](C)C=C[C@@H](O)C4(C=CCCCCC)CC4)CC[C@@H]23)C[C@@H](O)C[C@@H]1O. The monoisotopic (exact) mass is 508 g/mol. The van der Waals surface area contributed by atoms with Gasteiger partial charge in [-0.3, -0.25) is 0 Å². The molecule has 0 unspecified atom stereocenters. The predicted molar refractivity (Wildman–Crippen MR) is 154 cm³/mol. The molecule has 4 fully saturated rings. The van der Waals surface area contributed by atoms with Gasteiger partial charge in [-0.1, -0.05) is 82.2 Å². The van der Waals surface area contributed by atoms with Crippen LogP contribution in [0.5, 0.6) is 0 Å². The van der Waals surface area contributed by atoms with Crippen LogP contribution in [0.2, 0.25) is 0 Å². The molecular formula is C34H52O3. The van der Waals surface area contributed by atoms with Crippen LogP contribution >= 0.6 is 0 Å². The molecule has 0 amide bonds. The summed E-state index contributed by atoms with van der Waals surface area (Å²) in [6, 6.07) is 0. The van der Waals surface area contributed by atoms with Crippen LogP contribution in [-0.2, 0) is 0 Å². The van der Waals surface area contributed by atoms with Crippen molar-refractivity contribution in [3.8, 4) is 0 Å². The van der Waals surface area contributed by atoms with Crippen molar-refractivity contribution in [3.05, 3.63) is 59.8 Å². The molecule has 0 aliphatic heterocycles. The Morgan fingerprint density at radius 1 is 1.08 bits per heavy atom. The minimum Gasteiger partial charge on any atom is -0.393 e. The van der Waals surface area contributed by atoms with Crippen LogP contribution < -0.4 is 0 Å². The summed E-state index contributed by atoms with van der Waals surface area (Å²) in [7, 11) is 0. The van der Waals surface area contributed by atoms with Crippen molar-refractivity contribution in [1.29, 1.82) is 0 Å². The van der Waals surface area contributed by atoms with E-state index in [1.165, 1.54) is 50.5 Å². The highest BCUT2D eigenvalue weighted by Gasteiger charge is 2.50. The average Bonchev–Trinajstić information content (AvgIpc) is 3.57. The maximum atomic E-state index is 11.0. The fraction of sp³-hybridized carbons (Fsp3) is 0.706. The van der Waals surface area contributed by atoms with Crippen LogP contribution in [0.15, 0.2) is 59.8 Å². The smallest absolute Gasteiger partial charge is 0.0811 e. The minimum absolute atomic E-state index is 0.0108. The first-order valence-electron chi connectivity index (χ1n) is 15.2. The second-order valence-electron chi connectivity index (χ2n) is 13.0. The molecule has 206 valence electrons. The van der Waals surface area contributed by atoms with E-state index in [-0.39, 0.29) is 16.9 Å². The molecule has 4 saturated carbocycles. The van der Waals surface area contributed by atoms with Crippen molar-refractivity contribution < 1.29 is 15.3 Å². The first-order valence-corrected chi connectivity index (χ1v) is 15.2. The molecule has 0 bridgehead atoms. The summed E-state index contributed by atoms with van der Waals surface area (Å²) in [5.74, 6) is 1.68. The van der Waals surface area contributed by atoms with Gasteiger partial charge in [0.2, 0.25) is 0 Å². The first kappa shape index (κ1) is 28.6. The average molecular weight is 509 g/mol. The molecule has 0 aromatic heterocycles. The third-order valence-electron chi connectivity index (χ3n) is 10.4. The second-order valence-corrected chi connectivity index (χ2v) is 13.0. The number of fused-ring (bicyclic) bond motifs is 1. The van der Waals surface area contributed by atoms with Crippen molar-refractivity contribution in [2.75, 3.05) is 0 Å². The lowest BCUT2D eigenvalue weighted by atomic mass is 9.61. The van der Waals surface area contributed by atoms with Gasteiger partial charge in [-0.15, -0.1) is 0 Å². The van der Waals surface area contributed by atoms with E-state index >= 15 is 0 Å². The zero-order valence-corrected chi connectivity index (χ0v) is 23.7. The quantitative estimate of drug-likeness (QED) is 0.210. The highest BCUT2D eigenvalue weighted by atomic mass is 16.3. The number of hydrogen-bond acceptors (Lipinski definition) is 3. The van der Waals surface area contributed by atoms with Gasteiger partial charge in [-0.25, -0.2) is 0 Å². The third-order valence-corrected chi connectivity index (χ3v) is 10.4. The molecule has 4 rings (SSSR count). The van der Waals surface area contributed by atoms with Crippen molar-refractivity contribution in [3.63, 3.8) is 0 Å². The van der Waals surface area contributed by atoms with Crippen molar-refractivity contribution in [2.45, 2.75) is 123 Å². The van der Waals surface area contributed by atoms with Crippen LogP contribution in [0.1, 0.15) is 104 Å². The van der Waals surface area contributed by atoms with E-state index in [0.717, 1.165) is 36.8 Å². The third kappa shape index (κ3) is 6.43. The van der Waals surface area contributed by atoms with Crippen molar-refractivity contribution >= 4 is 0 Å². The Hall–Kier alpha value is -1.42. The normalized spacial score (nSPS) is 37.5. The molecule has 4 aliphatic rings. The molecule has 3 nitrogen and oxygen atoms in total. The summed E-state index contributed by atoms with van der Waals surface area (Å²) in [4.78, 5) is 0. The molecule has 0 aromatic rings. The first-order chi connectivity index (χ1) is 17.7. The Labute approximate surface area is 226 Å². The zero-order chi connectivity index (χ0) is 26.6. The van der Waals surface area contributed by atoms with Gasteiger partial charge in [0, 0.05) is 11.8 Å². The Morgan fingerprint density at radius 3 is 2.59 bits per heavy atom. The van der Waals surface area contributed by atoms with E-state index in [0.29, 0.717) is 30.6 Å². The largest absolute Gasteiger partial charge is 0.393 e. The van der Waals surface area contributed by atoms with E-state index in [1.807, 2.05) is 0 Å². The molecule has 0 aromatic carbocycles. The minimum atomic E-state index is -0.629. The second kappa shape index (κ2) is 12.2.